The summed E-state index contributed by atoms with van der Waals surface area (Å²) in [7, 11) is 0. The molecule has 0 saturated carbocycles. The van der Waals surface area contributed by atoms with Crippen LogP contribution in [0.3, 0.4) is 0 Å². The average molecular weight is 250 g/mol. The molecule has 0 aliphatic rings. The lowest BCUT2D eigenvalue weighted by molar-refractivity contribution is 0.0950. The molecule has 2 heterocycles. The van der Waals surface area contributed by atoms with Crippen molar-refractivity contribution in [1.82, 2.24) is 15.3 Å². The number of H-pyrrole nitrogens is 1. The molecule has 2 aromatic heterocycles. The molecule has 0 aliphatic carbocycles. The number of rotatable bonds is 3. The Morgan fingerprint density at radius 2 is 2.35 bits per heavy atom. The van der Waals surface area contributed by atoms with Gasteiger partial charge in [-0.25, -0.2) is 4.98 Å². The molecule has 0 aliphatic heterocycles. The number of carbonyl (C=O) groups excluding carboxylic acids is 1. The largest absolute Gasteiger partial charge is 0.384 e. The topological polar surface area (TPSA) is 101 Å². The van der Waals surface area contributed by atoms with Crippen molar-refractivity contribution in [3.63, 3.8) is 0 Å². The summed E-state index contributed by atoms with van der Waals surface area (Å²) in [5.41, 5.74) is 6.52. The molecule has 2 aromatic rings. The number of aromatic nitrogens is 2. The Hall–Kier alpha value is -2.15. The number of carbonyl (C=O) groups is 1. The van der Waals surface area contributed by atoms with Crippen LogP contribution >= 0.6 is 11.3 Å². The van der Waals surface area contributed by atoms with Gasteiger partial charge in [0.2, 0.25) is 0 Å². The van der Waals surface area contributed by atoms with Crippen LogP contribution in [0.4, 0.5) is 5.82 Å². The molecule has 1 amide bonds. The molecule has 0 fully saturated rings. The zero-order valence-corrected chi connectivity index (χ0v) is 9.58. The number of hydrogen-bond acceptors (Lipinski definition) is 5. The van der Waals surface area contributed by atoms with E-state index in [2.05, 4.69) is 15.3 Å². The molecule has 7 heteroatoms. The van der Waals surface area contributed by atoms with Crippen LogP contribution in [0.25, 0.3) is 0 Å². The van der Waals surface area contributed by atoms with Crippen molar-refractivity contribution in [3.8, 4) is 0 Å². The zero-order valence-electron chi connectivity index (χ0n) is 8.77. The maximum absolute atomic E-state index is 11.7. The number of aromatic amines is 1. The molecule has 0 radical (unpaired) electrons. The molecule has 0 unspecified atom stereocenters. The Balaban J connectivity index is 1.98. The Labute approximate surface area is 101 Å². The van der Waals surface area contributed by atoms with Crippen LogP contribution < -0.4 is 15.9 Å². The van der Waals surface area contributed by atoms with Gasteiger partial charge in [-0.1, -0.05) is 11.3 Å². The van der Waals surface area contributed by atoms with E-state index in [-0.39, 0.29) is 17.3 Å². The summed E-state index contributed by atoms with van der Waals surface area (Å²) in [5.74, 6) is 0.105. The fraction of sp³-hybridized carbons (Fsp3) is 0.100. The highest BCUT2D eigenvalue weighted by molar-refractivity contribution is 7.07. The van der Waals surface area contributed by atoms with E-state index in [1.54, 1.807) is 17.5 Å². The SMILES string of the molecule is Nc1ccc(C(=O)NCc2csc(=O)[nH]2)cn1. The van der Waals surface area contributed by atoms with Gasteiger partial charge in [0, 0.05) is 17.3 Å². The van der Waals surface area contributed by atoms with Crippen molar-refractivity contribution in [2.24, 2.45) is 0 Å². The summed E-state index contributed by atoms with van der Waals surface area (Å²) in [6, 6.07) is 3.15. The van der Waals surface area contributed by atoms with E-state index in [9.17, 15) is 9.59 Å². The van der Waals surface area contributed by atoms with E-state index in [0.717, 1.165) is 11.3 Å². The summed E-state index contributed by atoms with van der Waals surface area (Å²) in [4.78, 5) is 28.8. The fourth-order valence-electron chi connectivity index (χ4n) is 1.22. The molecule has 0 spiro atoms. The molecule has 0 saturated heterocycles. The summed E-state index contributed by atoms with van der Waals surface area (Å²) in [6.07, 6.45) is 1.40. The Kier molecular flexibility index (Phi) is 3.20. The standard InChI is InChI=1S/C10H10N4O2S/c11-8-2-1-6(3-12-8)9(15)13-4-7-5-17-10(16)14-7/h1-3,5H,4H2,(H2,11,12)(H,13,15)(H,14,16). The summed E-state index contributed by atoms with van der Waals surface area (Å²) >= 11 is 1.06. The number of nitrogens with two attached hydrogens (primary N) is 1. The van der Waals surface area contributed by atoms with Gasteiger partial charge in [-0.15, -0.1) is 0 Å². The minimum atomic E-state index is -0.260. The Morgan fingerprint density at radius 1 is 1.53 bits per heavy atom. The van der Waals surface area contributed by atoms with Gasteiger partial charge in [-0.2, -0.15) is 0 Å². The quantitative estimate of drug-likeness (QED) is 0.731. The van der Waals surface area contributed by atoms with Crippen molar-refractivity contribution in [2.75, 3.05) is 5.73 Å². The highest BCUT2D eigenvalue weighted by atomic mass is 32.1. The fourth-order valence-corrected chi connectivity index (χ4v) is 1.80. The molecule has 6 nitrogen and oxygen atoms in total. The van der Waals surface area contributed by atoms with E-state index < -0.39 is 0 Å². The van der Waals surface area contributed by atoms with Crippen LogP contribution in [0.2, 0.25) is 0 Å². The third kappa shape index (κ3) is 2.91. The third-order valence-electron chi connectivity index (χ3n) is 2.06. The second kappa shape index (κ2) is 4.79. The van der Waals surface area contributed by atoms with Gasteiger partial charge in [-0.3, -0.25) is 9.59 Å². The maximum Gasteiger partial charge on any atom is 0.304 e. The molecular weight excluding hydrogens is 240 g/mol. The number of nitrogens with zero attached hydrogens (tertiary/aromatic N) is 1. The highest BCUT2D eigenvalue weighted by Crippen LogP contribution is 2.02. The zero-order chi connectivity index (χ0) is 12.3. The van der Waals surface area contributed by atoms with Crippen LogP contribution in [0.1, 0.15) is 16.1 Å². The molecule has 0 aromatic carbocycles. The van der Waals surface area contributed by atoms with Gasteiger partial charge >= 0.3 is 4.87 Å². The number of nitrogen functional groups attached to an aromatic ring is 1. The van der Waals surface area contributed by atoms with Gasteiger partial charge in [0.1, 0.15) is 5.82 Å². The smallest absolute Gasteiger partial charge is 0.304 e. The van der Waals surface area contributed by atoms with Gasteiger partial charge in [0.25, 0.3) is 5.91 Å². The van der Waals surface area contributed by atoms with Crippen LogP contribution in [0.15, 0.2) is 28.5 Å². The van der Waals surface area contributed by atoms with E-state index in [0.29, 0.717) is 17.1 Å². The maximum atomic E-state index is 11.7. The monoisotopic (exact) mass is 250 g/mol. The molecule has 0 atom stereocenters. The number of thiazole rings is 1. The normalized spacial score (nSPS) is 10.1. The first kappa shape index (κ1) is 11.3. The number of nitrogens with one attached hydrogen (secondary N) is 2. The molecule has 4 N–H and O–H groups in total. The molecule has 2 rings (SSSR count). The predicted octanol–water partition coefficient (Wildman–Crippen LogP) is 0.344. The van der Waals surface area contributed by atoms with Gasteiger partial charge in [0.05, 0.1) is 12.1 Å². The Bertz CT molecular complexity index is 572. The van der Waals surface area contributed by atoms with Crippen LogP contribution in [-0.2, 0) is 6.54 Å². The Morgan fingerprint density at radius 3 is 2.94 bits per heavy atom. The van der Waals surface area contributed by atoms with Crippen molar-refractivity contribution in [1.29, 1.82) is 0 Å². The highest BCUT2D eigenvalue weighted by Gasteiger charge is 2.05. The lowest BCUT2D eigenvalue weighted by Gasteiger charge is -2.03. The second-order valence-corrected chi connectivity index (χ2v) is 4.17. The van der Waals surface area contributed by atoms with E-state index >= 15 is 0 Å². The summed E-state index contributed by atoms with van der Waals surface area (Å²) in [6.45, 7) is 0.280. The van der Waals surface area contributed by atoms with Crippen molar-refractivity contribution in [3.05, 3.63) is 44.6 Å². The number of hydrogen-bond donors (Lipinski definition) is 3. The van der Waals surface area contributed by atoms with Gasteiger partial charge in [0.15, 0.2) is 0 Å². The predicted molar refractivity (Wildman–Crippen MR) is 64.8 cm³/mol. The minimum Gasteiger partial charge on any atom is -0.384 e. The number of amides is 1. The van der Waals surface area contributed by atoms with Gasteiger partial charge < -0.3 is 16.0 Å². The minimum absolute atomic E-state index is 0.136. The second-order valence-electron chi connectivity index (χ2n) is 3.33. The lowest BCUT2D eigenvalue weighted by atomic mass is 10.2. The summed E-state index contributed by atoms with van der Waals surface area (Å²) < 4.78 is 0. The molecule has 88 valence electrons. The lowest BCUT2D eigenvalue weighted by Crippen LogP contribution is -2.23. The summed E-state index contributed by atoms with van der Waals surface area (Å²) in [5, 5.41) is 4.34. The van der Waals surface area contributed by atoms with Gasteiger partial charge in [-0.05, 0) is 12.1 Å². The van der Waals surface area contributed by atoms with Crippen LogP contribution in [0, 0.1) is 0 Å². The first-order chi connectivity index (χ1) is 8.15. The van der Waals surface area contributed by atoms with Crippen LogP contribution in [-0.4, -0.2) is 15.9 Å². The first-order valence-electron chi connectivity index (χ1n) is 4.81. The third-order valence-corrected chi connectivity index (χ3v) is 2.78. The van der Waals surface area contributed by atoms with Crippen molar-refractivity contribution in [2.45, 2.75) is 6.54 Å². The average Bonchev–Trinajstić information content (AvgIpc) is 2.73. The first-order valence-corrected chi connectivity index (χ1v) is 5.69. The van der Waals surface area contributed by atoms with E-state index in [1.807, 2.05) is 0 Å². The van der Waals surface area contributed by atoms with Crippen LogP contribution in [0.5, 0.6) is 0 Å². The molecular formula is C10H10N4O2S. The van der Waals surface area contributed by atoms with E-state index in [1.165, 1.54) is 6.20 Å². The van der Waals surface area contributed by atoms with Crippen molar-refractivity contribution >= 4 is 23.1 Å². The van der Waals surface area contributed by atoms with Crippen molar-refractivity contribution < 1.29 is 4.79 Å². The van der Waals surface area contributed by atoms with E-state index in [4.69, 9.17) is 5.73 Å². The number of pyridine rings is 1. The number of anilines is 1. The molecule has 17 heavy (non-hydrogen) atoms. The molecule has 0 bridgehead atoms.